The van der Waals surface area contributed by atoms with Crippen LogP contribution in [-0.4, -0.2) is 24.3 Å². The maximum absolute atomic E-state index is 12.9. The van der Waals surface area contributed by atoms with Gasteiger partial charge in [0.15, 0.2) is 0 Å². The van der Waals surface area contributed by atoms with Gasteiger partial charge in [-0.2, -0.15) is 0 Å². The molecule has 0 spiro atoms. The number of nitrogens with zero attached hydrogens (tertiary/aromatic N) is 1. The molecule has 3 amide bonds. The molecule has 3 rings (SSSR count). The fraction of sp³-hybridized carbons (Fsp3) is 0.286. The molecule has 1 aliphatic heterocycles. The number of amides is 3. The SMILES string of the molecule is CCCCNC(=O)c1ccc2c(c1)C(=O)N(c1cc(C)ccc1C)C2=O. The highest BCUT2D eigenvalue weighted by Crippen LogP contribution is 2.31. The average molecular weight is 350 g/mol. The van der Waals surface area contributed by atoms with E-state index in [-0.39, 0.29) is 23.3 Å². The summed E-state index contributed by atoms with van der Waals surface area (Å²) in [5.74, 6) is -0.967. The van der Waals surface area contributed by atoms with Crippen LogP contribution in [0.5, 0.6) is 0 Å². The predicted molar refractivity (Wildman–Crippen MR) is 101 cm³/mol. The molecule has 0 bridgehead atoms. The number of carbonyl (C=O) groups excluding carboxylic acids is 3. The van der Waals surface area contributed by atoms with E-state index in [1.165, 1.54) is 11.0 Å². The van der Waals surface area contributed by atoms with Crippen LogP contribution in [0.2, 0.25) is 0 Å². The minimum atomic E-state index is -0.387. The number of hydrogen-bond donors (Lipinski definition) is 1. The maximum atomic E-state index is 12.9. The van der Waals surface area contributed by atoms with Crippen LogP contribution in [0.3, 0.4) is 0 Å². The Morgan fingerprint density at radius 2 is 1.73 bits per heavy atom. The lowest BCUT2D eigenvalue weighted by molar-refractivity contribution is 0.0923. The summed E-state index contributed by atoms with van der Waals surface area (Å²) < 4.78 is 0. The lowest BCUT2D eigenvalue weighted by atomic mass is 10.1. The Balaban J connectivity index is 1.93. The first-order valence-electron chi connectivity index (χ1n) is 8.82. The summed E-state index contributed by atoms with van der Waals surface area (Å²) in [5, 5.41) is 2.83. The second-order valence-corrected chi connectivity index (χ2v) is 6.61. The monoisotopic (exact) mass is 350 g/mol. The van der Waals surface area contributed by atoms with E-state index in [1.807, 2.05) is 39.0 Å². The van der Waals surface area contributed by atoms with Gasteiger partial charge in [-0.1, -0.05) is 25.5 Å². The highest BCUT2D eigenvalue weighted by molar-refractivity contribution is 6.35. The van der Waals surface area contributed by atoms with Gasteiger partial charge < -0.3 is 5.32 Å². The molecular formula is C21H22N2O3. The molecule has 0 aromatic heterocycles. The van der Waals surface area contributed by atoms with Gasteiger partial charge in [0.05, 0.1) is 16.8 Å². The number of fused-ring (bicyclic) bond motifs is 1. The number of rotatable bonds is 5. The van der Waals surface area contributed by atoms with Crippen molar-refractivity contribution >= 4 is 23.4 Å². The molecule has 0 saturated carbocycles. The lowest BCUT2D eigenvalue weighted by Crippen LogP contribution is -2.30. The van der Waals surface area contributed by atoms with Crippen molar-refractivity contribution in [1.29, 1.82) is 0 Å². The molecule has 1 N–H and O–H groups in total. The molecule has 5 nitrogen and oxygen atoms in total. The van der Waals surface area contributed by atoms with Crippen LogP contribution in [0, 0.1) is 13.8 Å². The quantitative estimate of drug-likeness (QED) is 0.661. The van der Waals surface area contributed by atoms with Crippen molar-refractivity contribution in [1.82, 2.24) is 5.32 Å². The molecule has 5 heteroatoms. The number of nitrogens with one attached hydrogen (secondary N) is 1. The van der Waals surface area contributed by atoms with Crippen LogP contribution < -0.4 is 10.2 Å². The summed E-state index contributed by atoms with van der Waals surface area (Å²) in [6.45, 7) is 6.42. The maximum Gasteiger partial charge on any atom is 0.266 e. The number of aryl methyl sites for hydroxylation is 2. The van der Waals surface area contributed by atoms with Crippen LogP contribution >= 0.6 is 0 Å². The second kappa shape index (κ2) is 7.12. The van der Waals surface area contributed by atoms with Gasteiger partial charge in [0.2, 0.25) is 0 Å². The Morgan fingerprint density at radius 1 is 1.00 bits per heavy atom. The van der Waals surface area contributed by atoms with Crippen molar-refractivity contribution in [3.05, 3.63) is 64.2 Å². The van der Waals surface area contributed by atoms with Gasteiger partial charge in [-0.3, -0.25) is 14.4 Å². The van der Waals surface area contributed by atoms with Gasteiger partial charge in [0.25, 0.3) is 17.7 Å². The van der Waals surface area contributed by atoms with Crippen molar-refractivity contribution in [3.63, 3.8) is 0 Å². The first kappa shape index (κ1) is 17.9. The van der Waals surface area contributed by atoms with Crippen molar-refractivity contribution in [2.75, 3.05) is 11.4 Å². The molecule has 0 aliphatic carbocycles. The summed E-state index contributed by atoms with van der Waals surface area (Å²) >= 11 is 0. The third-order valence-corrected chi connectivity index (χ3v) is 4.57. The molecule has 0 atom stereocenters. The highest BCUT2D eigenvalue weighted by atomic mass is 16.2. The molecule has 1 aliphatic rings. The molecule has 1 heterocycles. The lowest BCUT2D eigenvalue weighted by Gasteiger charge is -2.17. The largest absolute Gasteiger partial charge is 0.352 e. The minimum Gasteiger partial charge on any atom is -0.352 e. The topological polar surface area (TPSA) is 66.5 Å². The number of imide groups is 1. The summed E-state index contributed by atoms with van der Waals surface area (Å²) in [5.41, 5.74) is 3.41. The summed E-state index contributed by atoms with van der Waals surface area (Å²) in [6.07, 6.45) is 1.89. The van der Waals surface area contributed by atoms with E-state index < -0.39 is 0 Å². The standard InChI is InChI=1S/C21H22N2O3/c1-4-5-10-22-19(24)15-8-9-16-17(12-15)21(26)23(20(16)25)18-11-13(2)6-7-14(18)3/h6-9,11-12H,4-5,10H2,1-3H3,(H,22,24). The van der Waals surface area contributed by atoms with Crippen molar-refractivity contribution in [2.45, 2.75) is 33.6 Å². The molecule has 134 valence electrons. The van der Waals surface area contributed by atoms with Gasteiger partial charge in [0.1, 0.15) is 0 Å². The van der Waals surface area contributed by atoms with E-state index in [2.05, 4.69) is 5.32 Å². The zero-order valence-electron chi connectivity index (χ0n) is 15.3. The van der Waals surface area contributed by atoms with Gasteiger partial charge in [-0.05, 0) is 55.7 Å². The fourth-order valence-electron chi connectivity index (χ4n) is 3.04. The number of benzene rings is 2. The Morgan fingerprint density at radius 3 is 2.46 bits per heavy atom. The van der Waals surface area contributed by atoms with Gasteiger partial charge in [-0.15, -0.1) is 0 Å². The highest BCUT2D eigenvalue weighted by Gasteiger charge is 2.37. The van der Waals surface area contributed by atoms with Crippen molar-refractivity contribution in [3.8, 4) is 0 Å². The van der Waals surface area contributed by atoms with Crippen molar-refractivity contribution < 1.29 is 14.4 Å². The Kier molecular flexibility index (Phi) is 4.89. The van der Waals surface area contributed by atoms with Crippen LogP contribution in [0.15, 0.2) is 36.4 Å². The zero-order chi connectivity index (χ0) is 18.8. The normalized spacial score (nSPS) is 13.1. The van der Waals surface area contributed by atoms with E-state index in [1.54, 1.807) is 12.1 Å². The molecular weight excluding hydrogens is 328 g/mol. The third-order valence-electron chi connectivity index (χ3n) is 4.57. The zero-order valence-corrected chi connectivity index (χ0v) is 15.3. The summed E-state index contributed by atoms with van der Waals surface area (Å²) in [7, 11) is 0. The first-order chi connectivity index (χ1) is 12.4. The molecule has 2 aromatic rings. The first-order valence-corrected chi connectivity index (χ1v) is 8.82. The smallest absolute Gasteiger partial charge is 0.266 e. The molecule has 0 unspecified atom stereocenters. The van der Waals surface area contributed by atoms with Crippen molar-refractivity contribution in [2.24, 2.45) is 0 Å². The molecule has 0 radical (unpaired) electrons. The molecule has 2 aromatic carbocycles. The van der Waals surface area contributed by atoms with Crippen LogP contribution in [0.25, 0.3) is 0 Å². The Labute approximate surface area is 153 Å². The van der Waals surface area contributed by atoms with E-state index >= 15 is 0 Å². The number of carbonyl (C=O) groups is 3. The number of anilines is 1. The van der Waals surface area contributed by atoms with Gasteiger partial charge in [0, 0.05) is 12.1 Å². The Hall–Kier alpha value is -2.95. The summed E-state index contributed by atoms with van der Waals surface area (Å²) in [6, 6.07) is 10.3. The minimum absolute atomic E-state index is 0.230. The predicted octanol–water partition coefficient (Wildman–Crippen LogP) is 3.63. The Bertz CT molecular complexity index is 902. The molecule has 0 fully saturated rings. The fourth-order valence-corrected chi connectivity index (χ4v) is 3.04. The second-order valence-electron chi connectivity index (χ2n) is 6.61. The van der Waals surface area contributed by atoms with E-state index in [0.717, 1.165) is 24.0 Å². The molecule has 0 saturated heterocycles. The van der Waals surface area contributed by atoms with E-state index in [4.69, 9.17) is 0 Å². The van der Waals surface area contributed by atoms with Crippen LogP contribution in [0.1, 0.15) is 62.0 Å². The van der Waals surface area contributed by atoms with Crippen LogP contribution in [-0.2, 0) is 0 Å². The van der Waals surface area contributed by atoms with E-state index in [0.29, 0.717) is 23.4 Å². The average Bonchev–Trinajstić information content (AvgIpc) is 2.88. The van der Waals surface area contributed by atoms with Gasteiger partial charge >= 0.3 is 0 Å². The van der Waals surface area contributed by atoms with Crippen LogP contribution in [0.4, 0.5) is 5.69 Å². The number of unbranched alkanes of at least 4 members (excludes halogenated alkanes) is 1. The number of hydrogen-bond acceptors (Lipinski definition) is 3. The third kappa shape index (κ3) is 3.12. The van der Waals surface area contributed by atoms with Gasteiger partial charge in [-0.25, -0.2) is 4.90 Å². The van der Waals surface area contributed by atoms with E-state index in [9.17, 15) is 14.4 Å². The summed E-state index contributed by atoms with van der Waals surface area (Å²) in [4.78, 5) is 39.1. The molecule has 26 heavy (non-hydrogen) atoms.